The number of carbonyl (C=O) groups excluding carboxylic acids is 2. The molecular formula is C26H31N5O4. The number of pyridine rings is 1. The van der Waals surface area contributed by atoms with Crippen LogP contribution in [0.25, 0.3) is 10.9 Å². The predicted octanol–water partition coefficient (Wildman–Crippen LogP) is 2.01. The molecule has 2 aromatic carbocycles. The Morgan fingerprint density at radius 3 is 2.71 bits per heavy atom. The molecule has 0 radical (unpaired) electrons. The molecule has 0 bridgehead atoms. The normalized spacial score (nSPS) is 18.3. The monoisotopic (exact) mass is 477 g/mol. The van der Waals surface area contributed by atoms with Crippen LogP contribution in [0.3, 0.4) is 0 Å². The lowest BCUT2D eigenvalue weighted by atomic mass is 9.91. The van der Waals surface area contributed by atoms with Crippen LogP contribution in [0.5, 0.6) is 5.75 Å². The van der Waals surface area contributed by atoms with Gasteiger partial charge in [-0.25, -0.2) is 5.48 Å². The molecule has 5 N–H and O–H groups in total. The van der Waals surface area contributed by atoms with Crippen molar-refractivity contribution in [2.24, 2.45) is 11.7 Å². The molecule has 1 saturated heterocycles. The van der Waals surface area contributed by atoms with Crippen LogP contribution in [0.1, 0.15) is 28.0 Å². The van der Waals surface area contributed by atoms with Gasteiger partial charge >= 0.3 is 0 Å². The lowest BCUT2D eigenvalue weighted by Gasteiger charge is -2.37. The predicted molar refractivity (Wildman–Crippen MR) is 132 cm³/mol. The molecule has 1 aliphatic rings. The SMILES string of the molecule is Cc1cc(COc2ccc(C(=O)N[C@@H]3CCN(CCN)C[C@@H]3C(=O)NO)cc2)c2ccccc2n1. The molecule has 1 aliphatic heterocycles. The minimum atomic E-state index is -0.564. The third kappa shape index (κ3) is 5.94. The number of aromatic nitrogens is 1. The molecule has 2 atom stereocenters. The molecule has 1 aromatic heterocycles. The van der Waals surface area contributed by atoms with E-state index in [0.29, 0.717) is 50.5 Å². The van der Waals surface area contributed by atoms with E-state index in [2.05, 4.69) is 15.2 Å². The molecule has 2 heterocycles. The van der Waals surface area contributed by atoms with Gasteiger partial charge in [-0.1, -0.05) is 18.2 Å². The first-order valence-corrected chi connectivity index (χ1v) is 11.7. The van der Waals surface area contributed by atoms with Crippen LogP contribution in [0.4, 0.5) is 0 Å². The van der Waals surface area contributed by atoms with Gasteiger partial charge in [0.1, 0.15) is 12.4 Å². The Balaban J connectivity index is 1.39. The highest BCUT2D eigenvalue weighted by atomic mass is 16.5. The smallest absolute Gasteiger partial charge is 0.251 e. The van der Waals surface area contributed by atoms with Crippen LogP contribution in [0.2, 0.25) is 0 Å². The fraction of sp³-hybridized carbons (Fsp3) is 0.346. The Hall–Kier alpha value is -3.53. The summed E-state index contributed by atoms with van der Waals surface area (Å²) in [6.45, 7) is 4.62. The van der Waals surface area contributed by atoms with Gasteiger partial charge in [-0.05, 0) is 49.7 Å². The summed E-state index contributed by atoms with van der Waals surface area (Å²) in [5.74, 6) is -0.710. The first-order chi connectivity index (χ1) is 17.0. The number of nitrogens with zero attached hydrogens (tertiary/aromatic N) is 2. The van der Waals surface area contributed by atoms with E-state index in [1.54, 1.807) is 29.7 Å². The maximum atomic E-state index is 12.9. The van der Waals surface area contributed by atoms with E-state index in [1.165, 1.54) is 0 Å². The minimum Gasteiger partial charge on any atom is -0.489 e. The molecule has 9 nitrogen and oxygen atoms in total. The average molecular weight is 478 g/mol. The molecule has 0 saturated carbocycles. The summed E-state index contributed by atoms with van der Waals surface area (Å²) in [5, 5.41) is 13.1. The summed E-state index contributed by atoms with van der Waals surface area (Å²) in [7, 11) is 0. The third-order valence-electron chi connectivity index (χ3n) is 6.35. The molecule has 184 valence electrons. The fourth-order valence-corrected chi connectivity index (χ4v) is 4.56. The maximum absolute atomic E-state index is 12.9. The zero-order valence-electron chi connectivity index (χ0n) is 19.7. The van der Waals surface area contributed by atoms with Crippen molar-refractivity contribution in [1.82, 2.24) is 20.7 Å². The van der Waals surface area contributed by atoms with Crippen LogP contribution >= 0.6 is 0 Å². The zero-order valence-corrected chi connectivity index (χ0v) is 19.7. The van der Waals surface area contributed by atoms with Crippen molar-refractivity contribution in [3.63, 3.8) is 0 Å². The number of para-hydroxylation sites is 1. The second-order valence-corrected chi connectivity index (χ2v) is 8.79. The zero-order chi connectivity index (χ0) is 24.8. The molecular weight excluding hydrogens is 446 g/mol. The first-order valence-electron chi connectivity index (χ1n) is 11.7. The van der Waals surface area contributed by atoms with Gasteiger partial charge in [0.15, 0.2) is 0 Å². The highest BCUT2D eigenvalue weighted by Crippen LogP contribution is 2.22. The van der Waals surface area contributed by atoms with Crippen LogP contribution in [0.15, 0.2) is 54.6 Å². The van der Waals surface area contributed by atoms with Gasteiger partial charge < -0.3 is 20.7 Å². The summed E-state index contributed by atoms with van der Waals surface area (Å²) in [6, 6.07) is 16.5. The Morgan fingerprint density at radius 2 is 1.97 bits per heavy atom. The van der Waals surface area contributed by atoms with Crippen molar-refractivity contribution < 1.29 is 19.5 Å². The lowest BCUT2D eigenvalue weighted by molar-refractivity contribution is -0.136. The van der Waals surface area contributed by atoms with Gasteiger partial charge in [0, 0.05) is 54.4 Å². The van der Waals surface area contributed by atoms with E-state index in [1.807, 2.05) is 37.3 Å². The van der Waals surface area contributed by atoms with Gasteiger partial charge in [0.25, 0.3) is 5.91 Å². The molecule has 9 heteroatoms. The Bertz CT molecular complexity index is 1180. The molecule has 0 unspecified atom stereocenters. The number of hydroxylamine groups is 1. The number of aryl methyl sites for hydroxylation is 1. The summed E-state index contributed by atoms with van der Waals surface area (Å²) in [6.07, 6.45) is 0.588. The number of carbonyl (C=O) groups is 2. The van der Waals surface area contributed by atoms with E-state index < -0.39 is 11.8 Å². The molecule has 0 spiro atoms. The topological polar surface area (TPSA) is 130 Å². The number of hydrogen-bond acceptors (Lipinski definition) is 7. The largest absolute Gasteiger partial charge is 0.489 e. The number of hydrogen-bond donors (Lipinski definition) is 4. The van der Waals surface area contributed by atoms with E-state index in [0.717, 1.165) is 22.2 Å². The highest BCUT2D eigenvalue weighted by molar-refractivity contribution is 5.95. The van der Waals surface area contributed by atoms with Gasteiger partial charge in [-0.2, -0.15) is 0 Å². The Morgan fingerprint density at radius 1 is 1.20 bits per heavy atom. The molecule has 2 amide bonds. The van der Waals surface area contributed by atoms with Crippen molar-refractivity contribution in [1.29, 1.82) is 0 Å². The maximum Gasteiger partial charge on any atom is 0.251 e. The van der Waals surface area contributed by atoms with Crippen LogP contribution in [-0.2, 0) is 11.4 Å². The number of amides is 2. The van der Waals surface area contributed by atoms with Gasteiger partial charge in [0.2, 0.25) is 5.91 Å². The number of likely N-dealkylation sites (tertiary alicyclic amines) is 1. The number of nitrogens with one attached hydrogen (secondary N) is 2. The van der Waals surface area contributed by atoms with Crippen molar-refractivity contribution >= 4 is 22.7 Å². The lowest BCUT2D eigenvalue weighted by Crippen LogP contribution is -2.56. The third-order valence-corrected chi connectivity index (χ3v) is 6.35. The second kappa shape index (κ2) is 11.3. The Labute approximate surface area is 204 Å². The van der Waals surface area contributed by atoms with E-state index >= 15 is 0 Å². The number of benzene rings is 2. The highest BCUT2D eigenvalue weighted by Gasteiger charge is 2.35. The average Bonchev–Trinajstić information content (AvgIpc) is 2.88. The van der Waals surface area contributed by atoms with E-state index in [-0.39, 0.29) is 11.9 Å². The fourth-order valence-electron chi connectivity index (χ4n) is 4.56. The van der Waals surface area contributed by atoms with E-state index in [9.17, 15) is 9.59 Å². The van der Waals surface area contributed by atoms with Crippen LogP contribution in [-0.4, -0.2) is 59.1 Å². The summed E-state index contributed by atoms with van der Waals surface area (Å²) >= 11 is 0. The molecule has 1 fully saturated rings. The minimum absolute atomic E-state index is 0.277. The van der Waals surface area contributed by atoms with Gasteiger partial charge in [0.05, 0.1) is 11.4 Å². The van der Waals surface area contributed by atoms with Crippen molar-refractivity contribution in [2.45, 2.75) is 26.0 Å². The van der Waals surface area contributed by atoms with Gasteiger partial charge in [-0.3, -0.25) is 19.8 Å². The summed E-state index contributed by atoms with van der Waals surface area (Å²) < 4.78 is 5.98. The molecule has 4 rings (SSSR count). The number of ether oxygens (including phenoxy) is 1. The molecule has 35 heavy (non-hydrogen) atoms. The number of rotatable bonds is 8. The number of piperidine rings is 1. The van der Waals surface area contributed by atoms with E-state index in [4.69, 9.17) is 15.7 Å². The number of fused-ring (bicyclic) bond motifs is 1. The number of nitrogens with two attached hydrogens (primary N) is 1. The molecule has 3 aromatic rings. The van der Waals surface area contributed by atoms with Crippen molar-refractivity contribution in [3.8, 4) is 5.75 Å². The molecule has 0 aliphatic carbocycles. The second-order valence-electron chi connectivity index (χ2n) is 8.79. The van der Waals surface area contributed by atoms with Gasteiger partial charge in [-0.15, -0.1) is 0 Å². The summed E-state index contributed by atoms with van der Waals surface area (Å²) in [4.78, 5) is 31.7. The quantitative estimate of drug-likeness (QED) is 0.288. The van der Waals surface area contributed by atoms with Crippen molar-refractivity contribution in [2.75, 3.05) is 26.2 Å². The van der Waals surface area contributed by atoms with Crippen LogP contribution in [0, 0.1) is 12.8 Å². The summed E-state index contributed by atoms with van der Waals surface area (Å²) in [5.41, 5.74) is 10.7. The Kier molecular flexibility index (Phi) is 7.91. The first kappa shape index (κ1) is 24.6. The van der Waals surface area contributed by atoms with Crippen molar-refractivity contribution in [3.05, 3.63) is 71.4 Å². The standard InChI is InChI=1S/C26H31N5O4/c1-17-14-19(21-4-2-3-5-23(21)28-17)16-35-20-8-6-18(7-9-20)25(32)29-24-10-12-31(13-11-27)15-22(24)26(33)30-34/h2-9,14,22,24,34H,10-13,15-16,27H2,1H3,(H,29,32)(H,30,33)/t22-,24+/m0/s1. The van der Waals surface area contributed by atoms with Crippen LogP contribution < -0.4 is 21.3 Å².